The van der Waals surface area contributed by atoms with Gasteiger partial charge in [-0.3, -0.25) is 9.59 Å². The standard InChI is InChI=1S/C13H14N2O3/c1-9(13(17)18)8-15(2)12(16)11-5-3-10(7-14)4-6-11/h3-6,9H,8H2,1-2H3,(H,17,18). The third-order valence-electron chi connectivity index (χ3n) is 2.58. The quantitative estimate of drug-likeness (QED) is 0.869. The Hall–Kier alpha value is -2.35. The van der Waals surface area contributed by atoms with Gasteiger partial charge in [0.1, 0.15) is 0 Å². The number of aliphatic carboxylic acids is 1. The normalized spacial score (nSPS) is 11.4. The number of hydrogen-bond acceptors (Lipinski definition) is 3. The molecule has 0 heterocycles. The number of carboxylic acids is 1. The van der Waals surface area contributed by atoms with Gasteiger partial charge in [-0.1, -0.05) is 6.92 Å². The molecule has 5 nitrogen and oxygen atoms in total. The van der Waals surface area contributed by atoms with Crippen LogP contribution in [0.2, 0.25) is 0 Å². The van der Waals surface area contributed by atoms with Crippen LogP contribution in [0.15, 0.2) is 24.3 Å². The number of nitriles is 1. The summed E-state index contributed by atoms with van der Waals surface area (Å²) in [5, 5.41) is 17.4. The molecule has 1 unspecified atom stereocenters. The summed E-state index contributed by atoms with van der Waals surface area (Å²) >= 11 is 0. The van der Waals surface area contributed by atoms with Crippen molar-refractivity contribution in [3.63, 3.8) is 0 Å². The van der Waals surface area contributed by atoms with E-state index in [9.17, 15) is 9.59 Å². The molecule has 0 saturated carbocycles. The van der Waals surface area contributed by atoms with Crippen molar-refractivity contribution in [1.82, 2.24) is 4.90 Å². The van der Waals surface area contributed by atoms with E-state index in [1.165, 1.54) is 4.90 Å². The molecule has 18 heavy (non-hydrogen) atoms. The molecule has 0 aliphatic rings. The van der Waals surface area contributed by atoms with Crippen LogP contribution in [0.4, 0.5) is 0 Å². The molecule has 0 radical (unpaired) electrons. The largest absolute Gasteiger partial charge is 0.481 e. The van der Waals surface area contributed by atoms with Crippen molar-refractivity contribution in [2.75, 3.05) is 13.6 Å². The molecular weight excluding hydrogens is 232 g/mol. The smallest absolute Gasteiger partial charge is 0.308 e. The molecule has 0 aliphatic heterocycles. The molecule has 94 valence electrons. The fraction of sp³-hybridized carbons (Fsp3) is 0.308. The Morgan fingerprint density at radius 1 is 1.39 bits per heavy atom. The van der Waals surface area contributed by atoms with E-state index < -0.39 is 11.9 Å². The molecule has 5 heteroatoms. The van der Waals surface area contributed by atoms with Gasteiger partial charge >= 0.3 is 5.97 Å². The first kappa shape index (κ1) is 13.7. The second-order valence-electron chi connectivity index (χ2n) is 4.11. The van der Waals surface area contributed by atoms with Crippen LogP contribution in [0.25, 0.3) is 0 Å². The Morgan fingerprint density at radius 2 is 1.94 bits per heavy atom. The molecule has 0 aromatic heterocycles. The van der Waals surface area contributed by atoms with E-state index in [4.69, 9.17) is 10.4 Å². The Morgan fingerprint density at radius 3 is 2.39 bits per heavy atom. The Bertz CT molecular complexity index is 488. The third kappa shape index (κ3) is 3.32. The molecular formula is C13H14N2O3. The van der Waals surface area contributed by atoms with Crippen molar-refractivity contribution in [2.45, 2.75) is 6.92 Å². The van der Waals surface area contributed by atoms with Crippen molar-refractivity contribution in [3.05, 3.63) is 35.4 Å². The van der Waals surface area contributed by atoms with E-state index in [1.807, 2.05) is 6.07 Å². The van der Waals surface area contributed by atoms with Gasteiger partial charge in [0.2, 0.25) is 0 Å². The maximum atomic E-state index is 12.0. The zero-order chi connectivity index (χ0) is 13.7. The predicted octanol–water partition coefficient (Wildman–Crippen LogP) is 1.35. The minimum absolute atomic E-state index is 0.147. The molecule has 1 rings (SSSR count). The number of carbonyl (C=O) groups excluding carboxylic acids is 1. The molecule has 1 atom stereocenters. The monoisotopic (exact) mass is 246 g/mol. The van der Waals surface area contributed by atoms with Gasteiger partial charge in [-0.25, -0.2) is 0 Å². The van der Waals surface area contributed by atoms with Crippen molar-refractivity contribution >= 4 is 11.9 Å². The van der Waals surface area contributed by atoms with E-state index in [0.717, 1.165) is 0 Å². The van der Waals surface area contributed by atoms with Crippen LogP contribution >= 0.6 is 0 Å². The zero-order valence-corrected chi connectivity index (χ0v) is 10.3. The first-order valence-corrected chi connectivity index (χ1v) is 5.44. The van der Waals surface area contributed by atoms with Crippen LogP contribution in [0.5, 0.6) is 0 Å². The molecule has 0 bridgehead atoms. The Balaban J connectivity index is 2.74. The summed E-state index contributed by atoms with van der Waals surface area (Å²) in [5.41, 5.74) is 0.919. The number of carboxylic acid groups (broad SMARTS) is 1. The molecule has 1 aromatic carbocycles. The van der Waals surface area contributed by atoms with E-state index in [1.54, 1.807) is 38.2 Å². The highest BCUT2D eigenvalue weighted by atomic mass is 16.4. The van der Waals surface area contributed by atoms with Gasteiger partial charge < -0.3 is 10.0 Å². The summed E-state index contributed by atoms with van der Waals surface area (Å²) in [4.78, 5) is 24.0. The fourth-order valence-corrected chi connectivity index (χ4v) is 1.48. The maximum Gasteiger partial charge on any atom is 0.308 e. The topological polar surface area (TPSA) is 81.4 Å². The van der Waals surface area contributed by atoms with Crippen molar-refractivity contribution in [1.29, 1.82) is 5.26 Å². The van der Waals surface area contributed by atoms with Crippen LogP contribution in [0.1, 0.15) is 22.8 Å². The van der Waals surface area contributed by atoms with Crippen LogP contribution in [0.3, 0.4) is 0 Å². The minimum atomic E-state index is -0.936. The lowest BCUT2D eigenvalue weighted by atomic mass is 10.1. The summed E-state index contributed by atoms with van der Waals surface area (Å²) < 4.78 is 0. The molecule has 1 amide bonds. The van der Waals surface area contributed by atoms with Crippen LogP contribution < -0.4 is 0 Å². The van der Waals surface area contributed by atoms with Gasteiger partial charge in [0.15, 0.2) is 0 Å². The highest BCUT2D eigenvalue weighted by Crippen LogP contribution is 2.08. The lowest BCUT2D eigenvalue weighted by Gasteiger charge is -2.19. The average molecular weight is 246 g/mol. The van der Waals surface area contributed by atoms with E-state index in [0.29, 0.717) is 11.1 Å². The first-order valence-electron chi connectivity index (χ1n) is 5.44. The fourth-order valence-electron chi connectivity index (χ4n) is 1.48. The molecule has 0 aliphatic carbocycles. The summed E-state index contributed by atoms with van der Waals surface area (Å²) in [6, 6.07) is 8.20. The first-order chi connectivity index (χ1) is 8.45. The van der Waals surface area contributed by atoms with Gasteiger partial charge in [-0.05, 0) is 24.3 Å². The second-order valence-corrected chi connectivity index (χ2v) is 4.11. The summed E-state index contributed by atoms with van der Waals surface area (Å²) in [7, 11) is 1.56. The van der Waals surface area contributed by atoms with Crippen LogP contribution in [-0.2, 0) is 4.79 Å². The number of rotatable bonds is 4. The average Bonchev–Trinajstić information content (AvgIpc) is 2.37. The lowest BCUT2D eigenvalue weighted by Crippen LogP contribution is -2.33. The van der Waals surface area contributed by atoms with E-state index in [-0.39, 0.29) is 12.5 Å². The lowest BCUT2D eigenvalue weighted by molar-refractivity contribution is -0.141. The SMILES string of the molecule is CC(CN(C)C(=O)c1ccc(C#N)cc1)C(=O)O. The van der Waals surface area contributed by atoms with Gasteiger partial charge in [-0.2, -0.15) is 5.26 Å². The molecule has 1 N–H and O–H groups in total. The predicted molar refractivity (Wildman–Crippen MR) is 64.9 cm³/mol. The zero-order valence-electron chi connectivity index (χ0n) is 10.3. The van der Waals surface area contributed by atoms with Crippen molar-refractivity contribution in [2.24, 2.45) is 5.92 Å². The van der Waals surface area contributed by atoms with Crippen molar-refractivity contribution in [3.8, 4) is 6.07 Å². The summed E-state index contributed by atoms with van der Waals surface area (Å²) in [5.74, 6) is -1.81. The number of carbonyl (C=O) groups is 2. The second kappa shape index (κ2) is 5.82. The number of benzene rings is 1. The van der Waals surface area contributed by atoms with E-state index >= 15 is 0 Å². The van der Waals surface area contributed by atoms with Crippen LogP contribution in [0, 0.1) is 17.2 Å². The maximum absolute atomic E-state index is 12.0. The molecule has 0 fully saturated rings. The summed E-state index contributed by atoms with van der Waals surface area (Å²) in [6.07, 6.45) is 0. The number of amides is 1. The highest BCUT2D eigenvalue weighted by molar-refractivity contribution is 5.94. The Kier molecular flexibility index (Phi) is 4.44. The van der Waals surface area contributed by atoms with Crippen molar-refractivity contribution < 1.29 is 14.7 Å². The van der Waals surface area contributed by atoms with Crippen LogP contribution in [-0.4, -0.2) is 35.5 Å². The number of hydrogen-bond donors (Lipinski definition) is 1. The van der Waals surface area contributed by atoms with Gasteiger partial charge in [0, 0.05) is 19.2 Å². The van der Waals surface area contributed by atoms with Gasteiger partial charge in [0.05, 0.1) is 17.6 Å². The molecule has 0 saturated heterocycles. The minimum Gasteiger partial charge on any atom is -0.481 e. The van der Waals surface area contributed by atoms with E-state index in [2.05, 4.69) is 0 Å². The Labute approximate surface area is 105 Å². The molecule has 0 spiro atoms. The summed E-state index contributed by atoms with van der Waals surface area (Å²) in [6.45, 7) is 1.69. The van der Waals surface area contributed by atoms with Gasteiger partial charge in [0.25, 0.3) is 5.91 Å². The highest BCUT2D eigenvalue weighted by Gasteiger charge is 2.18. The van der Waals surface area contributed by atoms with Gasteiger partial charge in [-0.15, -0.1) is 0 Å². The third-order valence-corrected chi connectivity index (χ3v) is 2.58. The molecule has 1 aromatic rings. The number of nitrogens with zero attached hydrogens (tertiary/aromatic N) is 2.